The highest BCUT2D eigenvalue weighted by atomic mass is 32.1. The van der Waals surface area contributed by atoms with E-state index in [1.54, 1.807) is 27.0 Å². The molecule has 240 valence electrons. The first-order valence-electron chi connectivity index (χ1n) is 15.2. The number of anilines is 2. The van der Waals surface area contributed by atoms with Crippen LogP contribution >= 0.6 is 11.3 Å². The van der Waals surface area contributed by atoms with Crippen molar-refractivity contribution in [3.63, 3.8) is 0 Å². The molecule has 0 saturated carbocycles. The van der Waals surface area contributed by atoms with E-state index in [-0.39, 0.29) is 56.7 Å². The maximum Gasteiger partial charge on any atom is 0.412 e. The molecule has 1 amide bonds. The molecule has 6 heterocycles. The van der Waals surface area contributed by atoms with E-state index >= 15 is 8.78 Å². The van der Waals surface area contributed by atoms with Crippen LogP contribution < -0.4 is 10.2 Å². The summed E-state index contributed by atoms with van der Waals surface area (Å²) in [6, 6.07) is 2.29. The first-order valence-corrected chi connectivity index (χ1v) is 16.1. The summed E-state index contributed by atoms with van der Waals surface area (Å²) in [6.45, 7) is 8.13. The summed E-state index contributed by atoms with van der Waals surface area (Å²) < 4.78 is 56.9. The molecule has 0 bridgehead atoms. The van der Waals surface area contributed by atoms with Gasteiger partial charge in [0.25, 0.3) is 0 Å². The third kappa shape index (κ3) is 5.40. The number of halogens is 3. The molecule has 3 aromatic heterocycles. The van der Waals surface area contributed by atoms with Crippen LogP contribution in [0.15, 0.2) is 12.4 Å². The fourth-order valence-corrected chi connectivity index (χ4v) is 7.65. The average Bonchev–Trinajstić information content (AvgIpc) is 3.77. The number of carbonyl (C=O) groups is 1. The zero-order chi connectivity index (χ0) is 32.3. The van der Waals surface area contributed by atoms with Crippen LogP contribution in [-0.2, 0) is 22.7 Å². The Balaban J connectivity index is 1.31. The lowest BCUT2D eigenvalue weighted by Crippen LogP contribution is -2.43. The summed E-state index contributed by atoms with van der Waals surface area (Å²) in [6.07, 6.45) is 2.98. The molecular formula is C32H32F3N7O3S. The topological polar surface area (TPSA) is 116 Å². The largest absolute Gasteiger partial charge is 0.444 e. The van der Waals surface area contributed by atoms with Crippen LogP contribution in [0.1, 0.15) is 56.7 Å². The van der Waals surface area contributed by atoms with Gasteiger partial charge in [-0.1, -0.05) is 0 Å². The van der Waals surface area contributed by atoms with E-state index in [1.807, 2.05) is 4.90 Å². The second kappa shape index (κ2) is 11.6. The van der Waals surface area contributed by atoms with E-state index in [0.717, 1.165) is 24.0 Å². The molecule has 0 aliphatic carbocycles. The van der Waals surface area contributed by atoms with Crippen molar-refractivity contribution in [3.8, 4) is 17.3 Å². The lowest BCUT2D eigenvalue weighted by molar-refractivity contribution is 0.0636. The number of rotatable bonds is 4. The Kier molecular flexibility index (Phi) is 7.73. The smallest absolute Gasteiger partial charge is 0.412 e. The first kappa shape index (κ1) is 30.6. The maximum atomic E-state index is 16.8. The van der Waals surface area contributed by atoms with Crippen LogP contribution in [0, 0.1) is 23.0 Å². The summed E-state index contributed by atoms with van der Waals surface area (Å²) in [7, 11) is 0. The number of nitrogens with zero attached hydrogens (tertiary/aromatic N) is 6. The Morgan fingerprint density at radius 3 is 2.63 bits per heavy atom. The molecule has 14 heteroatoms. The van der Waals surface area contributed by atoms with Crippen LogP contribution in [0.3, 0.4) is 0 Å². The van der Waals surface area contributed by atoms with Gasteiger partial charge in [-0.05, 0) is 51.2 Å². The number of benzene rings is 1. The van der Waals surface area contributed by atoms with Crippen molar-refractivity contribution in [2.75, 3.05) is 36.4 Å². The number of nitrogens with one attached hydrogen (secondary N) is 1. The monoisotopic (exact) mass is 651 g/mol. The van der Waals surface area contributed by atoms with Gasteiger partial charge in [-0.3, -0.25) is 15.2 Å². The number of amides is 1. The number of hydrogen-bond donors (Lipinski definition) is 1. The molecule has 4 aromatic rings. The number of nitriles is 1. The second-order valence-corrected chi connectivity index (χ2v) is 13.9. The van der Waals surface area contributed by atoms with Crippen LogP contribution in [0.4, 0.5) is 28.9 Å². The number of alkyl halides is 1. The van der Waals surface area contributed by atoms with Gasteiger partial charge in [0.1, 0.15) is 28.4 Å². The van der Waals surface area contributed by atoms with Gasteiger partial charge in [0.05, 0.1) is 35.4 Å². The van der Waals surface area contributed by atoms with E-state index in [2.05, 4.69) is 26.3 Å². The van der Waals surface area contributed by atoms with E-state index in [9.17, 15) is 14.4 Å². The van der Waals surface area contributed by atoms with Crippen LogP contribution in [-0.4, -0.2) is 69.9 Å². The van der Waals surface area contributed by atoms with Gasteiger partial charge < -0.3 is 14.4 Å². The minimum Gasteiger partial charge on any atom is -0.444 e. The molecule has 1 aromatic carbocycles. The molecule has 7 rings (SSSR count). The second-order valence-electron chi connectivity index (χ2n) is 12.9. The van der Waals surface area contributed by atoms with Gasteiger partial charge in [-0.15, -0.1) is 11.3 Å². The minimum absolute atomic E-state index is 0.0445. The maximum absolute atomic E-state index is 16.8. The lowest BCUT2D eigenvalue weighted by atomic mass is 9.94. The van der Waals surface area contributed by atoms with Crippen molar-refractivity contribution in [1.29, 1.82) is 5.26 Å². The predicted molar refractivity (Wildman–Crippen MR) is 167 cm³/mol. The summed E-state index contributed by atoms with van der Waals surface area (Å²) >= 11 is 0.852. The molecule has 10 nitrogen and oxygen atoms in total. The Hall–Kier alpha value is -4.06. The Morgan fingerprint density at radius 1 is 1.13 bits per heavy atom. The van der Waals surface area contributed by atoms with Gasteiger partial charge in [0.2, 0.25) is 5.95 Å². The summed E-state index contributed by atoms with van der Waals surface area (Å²) in [4.78, 5) is 30.5. The SMILES string of the molecule is CC(C)(C)OC(=O)Nc1sc2c(F)cnc(-c3c4c(c5cnc(N6CC[C@@H](N7CCC(F)CC7)C6)nc5c3F)COC4)c2c1C#N. The van der Waals surface area contributed by atoms with Crippen molar-refractivity contribution in [2.24, 2.45) is 0 Å². The van der Waals surface area contributed by atoms with Gasteiger partial charge in [-0.25, -0.2) is 27.9 Å². The molecule has 2 saturated heterocycles. The quantitative estimate of drug-likeness (QED) is 0.266. The highest BCUT2D eigenvalue weighted by Gasteiger charge is 2.34. The van der Waals surface area contributed by atoms with Gasteiger partial charge in [0.15, 0.2) is 11.6 Å². The molecule has 0 spiro atoms. The lowest BCUT2D eigenvalue weighted by Gasteiger charge is -2.33. The molecule has 0 radical (unpaired) electrons. The number of fused-ring (bicyclic) bond motifs is 4. The Morgan fingerprint density at radius 2 is 1.89 bits per heavy atom. The van der Waals surface area contributed by atoms with Crippen molar-refractivity contribution in [1.82, 2.24) is 19.9 Å². The third-order valence-corrected chi connectivity index (χ3v) is 9.85. The number of aromatic nitrogens is 3. The van der Waals surface area contributed by atoms with Crippen molar-refractivity contribution >= 4 is 49.4 Å². The molecule has 1 atom stereocenters. The third-order valence-electron chi connectivity index (χ3n) is 8.74. The van der Waals surface area contributed by atoms with Crippen LogP contribution in [0.2, 0.25) is 0 Å². The van der Waals surface area contributed by atoms with Crippen LogP contribution in [0.25, 0.3) is 32.2 Å². The minimum atomic E-state index is -0.808. The summed E-state index contributed by atoms with van der Waals surface area (Å²) in [5.74, 6) is -1.01. The fourth-order valence-electron chi connectivity index (χ4n) is 6.61. The Labute approximate surface area is 267 Å². The fraction of sp³-hybridized carbons (Fsp3) is 0.469. The standard InChI is InChI=1S/C32H32F3N7O3S/c1-32(2,3)45-31(43)40-29-18(10-36)24-27(37-12-22(34)28(24)46-29)23-21-15-44-14-20(21)19-11-38-30(39-26(19)25(23)35)42-9-6-17(13-42)41-7-4-16(33)5-8-41/h11-12,16-17H,4-9,13-15H2,1-3H3,(H,40,43)/t17-/m1/s1. The van der Waals surface area contributed by atoms with Gasteiger partial charge in [-0.2, -0.15) is 5.26 Å². The predicted octanol–water partition coefficient (Wildman–Crippen LogP) is 6.45. The zero-order valence-corrected chi connectivity index (χ0v) is 26.4. The number of carbonyl (C=O) groups excluding carboxylic acids is 1. The number of likely N-dealkylation sites (tertiary alicyclic amines) is 1. The van der Waals surface area contributed by atoms with Crippen LogP contribution in [0.5, 0.6) is 0 Å². The van der Waals surface area contributed by atoms with Crippen molar-refractivity contribution in [2.45, 2.75) is 71.1 Å². The molecular weight excluding hydrogens is 619 g/mol. The highest BCUT2D eigenvalue weighted by molar-refractivity contribution is 7.23. The van der Waals surface area contributed by atoms with Crippen molar-refractivity contribution in [3.05, 3.63) is 40.7 Å². The summed E-state index contributed by atoms with van der Waals surface area (Å²) in [5, 5.41) is 13.4. The number of pyridine rings is 1. The number of piperidine rings is 1. The number of thiophene rings is 1. The molecule has 3 aliphatic rings. The van der Waals surface area contributed by atoms with E-state index in [4.69, 9.17) is 14.5 Å². The molecule has 3 aliphatic heterocycles. The van der Waals surface area contributed by atoms with Gasteiger partial charge in [0, 0.05) is 54.8 Å². The number of hydrogen-bond acceptors (Lipinski definition) is 10. The van der Waals surface area contributed by atoms with Crippen molar-refractivity contribution < 1.29 is 27.4 Å². The molecule has 0 unspecified atom stereocenters. The number of ether oxygens (including phenoxy) is 2. The highest BCUT2D eigenvalue weighted by Crippen LogP contribution is 2.46. The van der Waals surface area contributed by atoms with Gasteiger partial charge >= 0.3 is 6.09 Å². The van der Waals surface area contributed by atoms with E-state index < -0.39 is 29.5 Å². The van der Waals surface area contributed by atoms with E-state index in [1.165, 1.54) is 0 Å². The normalized spacial score (nSPS) is 19.2. The zero-order valence-electron chi connectivity index (χ0n) is 25.6. The Bertz CT molecular complexity index is 1910. The van der Waals surface area contributed by atoms with E-state index in [0.29, 0.717) is 61.5 Å². The molecule has 1 N–H and O–H groups in total. The molecule has 2 fully saturated rings. The molecule has 46 heavy (non-hydrogen) atoms. The first-order chi connectivity index (χ1) is 22.0. The average molecular weight is 652 g/mol. The summed E-state index contributed by atoms with van der Waals surface area (Å²) in [5.41, 5.74) is 0.571.